The standard InChI is InChI=1S/C23H22FN3O2/c1-27(16-21(28)26-23(29)25-20-15-9-8-14-19(20)24)22(17-10-4-2-5-11-17)18-12-6-3-7-13-18/h2-15,22H,16H2,1H3,(H2,25,26,28,29). The number of benzene rings is 3. The lowest BCUT2D eigenvalue weighted by Crippen LogP contribution is -2.42. The number of anilines is 1. The summed E-state index contributed by atoms with van der Waals surface area (Å²) in [6.07, 6.45) is 0. The van der Waals surface area contributed by atoms with E-state index in [-0.39, 0.29) is 18.3 Å². The maximum absolute atomic E-state index is 13.6. The average Bonchev–Trinajstić information content (AvgIpc) is 2.71. The summed E-state index contributed by atoms with van der Waals surface area (Å²) < 4.78 is 13.6. The van der Waals surface area contributed by atoms with E-state index in [9.17, 15) is 14.0 Å². The lowest BCUT2D eigenvalue weighted by atomic mass is 9.97. The van der Waals surface area contributed by atoms with Gasteiger partial charge in [0.2, 0.25) is 5.91 Å². The third-order valence-electron chi connectivity index (χ3n) is 4.44. The van der Waals surface area contributed by atoms with Gasteiger partial charge in [0.25, 0.3) is 0 Å². The summed E-state index contributed by atoms with van der Waals surface area (Å²) in [5.41, 5.74) is 2.08. The molecule has 0 spiro atoms. The number of likely N-dealkylation sites (N-methyl/N-ethyl adjacent to an activating group) is 1. The molecule has 29 heavy (non-hydrogen) atoms. The number of hydrogen-bond donors (Lipinski definition) is 2. The molecular formula is C23H22FN3O2. The van der Waals surface area contributed by atoms with Crippen LogP contribution in [0.3, 0.4) is 0 Å². The van der Waals surface area contributed by atoms with Crippen LogP contribution in [0.15, 0.2) is 84.9 Å². The highest BCUT2D eigenvalue weighted by Crippen LogP contribution is 2.27. The van der Waals surface area contributed by atoms with E-state index < -0.39 is 17.8 Å². The van der Waals surface area contributed by atoms with Crippen LogP contribution in [0.25, 0.3) is 0 Å². The van der Waals surface area contributed by atoms with Crippen molar-refractivity contribution in [2.45, 2.75) is 6.04 Å². The van der Waals surface area contributed by atoms with Gasteiger partial charge in [0.1, 0.15) is 5.82 Å². The highest BCUT2D eigenvalue weighted by Gasteiger charge is 2.22. The predicted molar refractivity (Wildman–Crippen MR) is 111 cm³/mol. The topological polar surface area (TPSA) is 61.4 Å². The Hall–Kier alpha value is -3.51. The Labute approximate surface area is 169 Å². The number of nitrogens with one attached hydrogen (secondary N) is 2. The van der Waals surface area contributed by atoms with Gasteiger partial charge >= 0.3 is 6.03 Å². The van der Waals surface area contributed by atoms with Crippen molar-refractivity contribution in [2.24, 2.45) is 0 Å². The number of carbonyl (C=O) groups excluding carboxylic acids is 2. The van der Waals surface area contributed by atoms with E-state index in [1.165, 1.54) is 18.2 Å². The second-order valence-electron chi connectivity index (χ2n) is 6.62. The minimum Gasteiger partial charge on any atom is -0.305 e. The molecule has 148 valence electrons. The predicted octanol–water partition coefficient (Wildman–Crippen LogP) is 4.20. The molecule has 0 heterocycles. The highest BCUT2D eigenvalue weighted by atomic mass is 19.1. The minimum atomic E-state index is -0.774. The molecule has 3 aromatic rings. The van der Waals surface area contributed by atoms with E-state index in [4.69, 9.17) is 0 Å². The first-order chi connectivity index (χ1) is 14.0. The fraction of sp³-hybridized carbons (Fsp3) is 0.130. The number of urea groups is 1. The van der Waals surface area contributed by atoms with Gasteiger partial charge in [-0.25, -0.2) is 9.18 Å². The summed E-state index contributed by atoms with van der Waals surface area (Å²) in [6, 6.07) is 24.5. The minimum absolute atomic E-state index is 0.0117. The van der Waals surface area contributed by atoms with Gasteiger partial charge < -0.3 is 5.32 Å². The Morgan fingerprint density at radius 2 is 1.38 bits per heavy atom. The van der Waals surface area contributed by atoms with Crippen molar-refractivity contribution in [2.75, 3.05) is 18.9 Å². The molecule has 2 N–H and O–H groups in total. The van der Waals surface area contributed by atoms with Crippen LogP contribution in [0.1, 0.15) is 17.2 Å². The van der Waals surface area contributed by atoms with Crippen molar-refractivity contribution in [1.82, 2.24) is 10.2 Å². The van der Waals surface area contributed by atoms with Crippen molar-refractivity contribution < 1.29 is 14.0 Å². The molecular weight excluding hydrogens is 369 g/mol. The number of hydrogen-bond acceptors (Lipinski definition) is 3. The number of amides is 3. The third kappa shape index (κ3) is 5.49. The molecule has 0 bridgehead atoms. The van der Waals surface area contributed by atoms with Gasteiger partial charge in [-0.15, -0.1) is 0 Å². The summed E-state index contributed by atoms with van der Waals surface area (Å²) in [5.74, 6) is -1.06. The fourth-order valence-corrected chi connectivity index (χ4v) is 3.17. The zero-order valence-corrected chi connectivity index (χ0v) is 16.0. The first kappa shape index (κ1) is 20.2. The number of carbonyl (C=O) groups is 2. The molecule has 5 nitrogen and oxygen atoms in total. The van der Waals surface area contributed by atoms with Crippen LogP contribution >= 0.6 is 0 Å². The summed E-state index contributed by atoms with van der Waals surface area (Å²) >= 11 is 0. The molecule has 0 saturated heterocycles. The van der Waals surface area contributed by atoms with Crippen LogP contribution in [-0.4, -0.2) is 30.4 Å². The lowest BCUT2D eigenvalue weighted by Gasteiger charge is -2.28. The van der Waals surface area contributed by atoms with Crippen LogP contribution in [0.5, 0.6) is 0 Å². The normalized spacial score (nSPS) is 10.8. The van der Waals surface area contributed by atoms with Crippen LogP contribution in [0, 0.1) is 5.82 Å². The summed E-state index contributed by atoms with van der Waals surface area (Å²) in [5, 5.41) is 4.59. The van der Waals surface area contributed by atoms with Gasteiger partial charge in [-0.3, -0.25) is 15.0 Å². The second kappa shape index (κ2) is 9.61. The van der Waals surface area contributed by atoms with Gasteiger partial charge in [0, 0.05) is 0 Å². The first-order valence-corrected chi connectivity index (χ1v) is 9.20. The number of halogens is 1. The van der Waals surface area contributed by atoms with Crippen molar-refractivity contribution in [3.8, 4) is 0 Å². The quantitative estimate of drug-likeness (QED) is 0.662. The van der Waals surface area contributed by atoms with Gasteiger partial charge in [-0.1, -0.05) is 72.8 Å². The van der Waals surface area contributed by atoms with Crippen molar-refractivity contribution >= 4 is 17.6 Å². The Morgan fingerprint density at radius 1 is 0.862 bits per heavy atom. The molecule has 0 unspecified atom stereocenters. The molecule has 0 aliphatic rings. The van der Waals surface area contributed by atoms with Gasteiger partial charge in [0.15, 0.2) is 0 Å². The van der Waals surface area contributed by atoms with Crippen molar-refractivity contribution in [1.29, 1.82) is 0 Å². The second-order valence-corrected chi connectivity index (χ2v) is 6.62. The molecule has 0 atom stereocenters. The number of imide groups is 1. The molecule has 3 amide bonds. The third-order valence-corrected chi connectivity index (χ3v) is 4.44. The molecule has 0 aromatic heterocycles. The highest BCUT2D eigenvalue weighted by molar-refractivity contribution is 6.01. The molecule has 6 heteroatoms. The Balaban J connectivity index is 1.67. The summed E-state index contributed by atoms with van der Waals surface area (Å²) in [4.78, 5) is 26.3. The van der Waals surface area contributed by atoms with Crippen LogP contribution < -0.4 is 10.6 Å². The largest absolute Gasteiger partial charge is 0.326 e. The maximum atomic E-state index is 13.6. The lowest BCUT2D eigenvalue weighted by molar-refractivity contribution is -0.121. The van der Waals surface area contributed by atoms with E-state index in [1.54, 1.807) is 6.07 Å². The molecule has 0 aliphatic heterocycles. The number of para-hydroxylation sites is 1. The van der Waals surface area contributed by atoms with E-state index in [1.807, 2.05) is 72.6 Å². The Bertz CT molecular complexity index is 925. The molecule has 0 radical (unpaired) electrons. The summed E-state index contributed by atoms with van der Waals surface area (Å²) in [6.45, 7) is -0.0147. The molecule has 3 rings (SSSR count). The van der Waals surface area contributed by atoms with E-state index in [0.29, 0.717) is 0 Å². The molecule has 0 aliphatic carbocycles. The zero-order chi connectivity index (χ0) is 20.6. The fourth-order valence-electron chi connectivity index (χ4n) is 3.17. The zero-order valence-electron chi connectivity index (χ0n) is 16.0. The summed E-state index contributed by atoms with van der Waals surface area (Å²) in [7, 11) is 1.82. The van der Waals surface area contributed by atoms with E-state index in [0.717, 1.165) is 11.1 Å². The SMILES string of the molecule is CN(CC(=O)NC(=O)Nc1ccccc1F)C(c1ccccc1)c1ccccc1. The van der Waals surface area contributed by atoms with Gasteiger partial charge in [0.05, 0.1) is 18.3 Å². The molecule has 0 saturated carbocycles. The van der Waals surface area contributed by atoms with Crippen LogP contribution in [-0.2, 0) is 4.79 Å². The number of nitrogens with zero attached hydrogens (tertiary/aromatic N) is 1. The smallest absolute Gasteiger partial charge is 0.305 e. The van der Waals surface area contributed by atoms with Crippen LogP contribution in [0.2, 0.25) is 0 Å². The van der Waals surface area contributed by atoms with Crippen molar-refractivity contribution in [3.63, 3.8) is 0 Å². The van der Waals surface area contributed by atoms with Crippen molar-refractivity contribution in [3.05, 3.63) is 102 Å². The average molecular weight is 391 g/mol. The molecule has 3 aromatic carbocycles. The number of rotatable bonds is 6. The van der Waals surface area contributed by atoms with Gasteiger partial charge in [-0.05, 0) is 30.3 Å². The maximum Gasteiger partial charge on any atom is 0.326 e. The molecule has 0 fully saturated rings. The monoisotopic (exact) mass is 391 g/mol. The Morgan fingerprint density at radius 3 is 1.93 bits per heavy atom. The van der Waals surface area contributed by atoms with Crippen LogP contribution in [0.4, 0.5) is 14.9 Å². The first-order valence-electron chi connectivity index (χ1n) is 9.20. The Kier molecular flexibility index (Phi) is 6.71. The van der Waals surface area contributed by atoms with Gasteiger partial charge in [-0.2, -0.15) is 0 Å². The van der Waals surface area contributed by atoms with E-state index in [2.05, 4.69) is 10.6 Å². The van der Waals surface area contributed by atoms with E-state index >= 15 is 0 Å².